The lowest BCUT2D eigenvalue weighted by Crippen LogP contribution is -2.44. The van der Waals surface area contributed by atoms with E-state index in [2.05, 4.69) is 39.8 Å². The molecule has 0 amide bonds. The first-order chi connectivity index (χ1) is 4.39. The van der Waals surface area contributed by atoms with Crippen LogP contribution >= 0.6 is 0 Å². The highest BCUT2D eigenvalue weighted by atomic mass is 15.1. The first-order valence-electron chi connectivity index (χ1n) is 3.76. The molecule has 0 radical (unpaired) electrons. The third-order valence-corrected chi connectivity index (χ3v) is 1.85. The van der Waals surface area contributed by atoms with E-state index >= 15 is 0 Å². The van der Waals surface area contributed by atoms with Crippen molar-refractivity contribution in [3.05, 3.63) is 0 Å². The van der Waals surface area contributed by atoms with Crippen LogP contribution in [-0.4, -0.2) is 31.6 Å². The molecule has 0 aromatic carbocycles. The van der Waals surface area contributed by atoms with Gasteiger partial charge in [0.05, 0.1) is 0 Å². The normalized spacial score (nSPS) is 15.9. The zero-order chi connectivity index (χ0) is 8.36. The Morgan fingerprint density at radius 2 is 1.70 bits per heavy atom. The van der Waals surface area contributed by atoms with Gasteiger partial charge in [0.25, 0.3) is 0 Å². The highest BCUT2D eigenvalue weighted by Gasteiger charge is 2.24. The predicted octanol–water partition coefficient (Wildman–Crippen LogP) is 0.921. The summed E-state index contributed by atoms with van der Waals surface area (Å²) >= 11 is 0. The molecule has 0 aromatic heterocycles. The molecular formula is C8H20N2. The SMILES string of the molecule is CN(C)C(CN)C(C)(C)C. The number of nitrogens with two attached hydrogens (primary N) is 1. The summed E-state index contributed by atoms with van der Waals surface area (Å²) in [5.74, 6) is 0. The zero-order valence-corrected chi connectivity index (χ0v) is 7.81. The Balaban J connectivity index is 4.07. The first-order valence-corrected chi connectivity index (χ1v) is 3.76. The fourth-order valence-electron chi connectivity index (χ4n) is 1.34. The van der Waals surface area contributed by atoms with Crippen LogP contribution in [0.2, 0.25) is 0 Å². The molecule has 0 rings (SSSR count). The van der Waals surface area contributed by atoms with E-state index in [9.17, 15) is 0 Å². The average Bonchev–Trinajstić information content (AvgIpc) is 1.60. The van der Waals surface area contributed by atoms with Crippen molar-refractivity contribution < 1.29 is 0 Å². The van der Waals surface area contributed by atoms with Crippen molar-refractivity contribution in [2.24, 2.45) is 11.1 Å². The monoisotopic (exact) mass is 144 g/mol. The van der Waals surface area contributed by atoms with Crippen LogP contribution in [0.15, 0.2) is 0 Å². The molecule has 0 bridgehead atoms. The van der Waals surface area contributed by atoms with Crippen LogP contribution in [0.25, 0.3) is 0 Å². The standard InChI is InChI=1S/C8H20N2/c1-8(2,3)7(6-9)10(4)5/h7H,6,9H2,1-5H3. The molecule has 0 spiro atoms. The molecule has 1 atom stereocenters. The molecule has 0 fully saturated rings. The zero-order valence-electron chi connectivity index (χ0n) is 7.81. The van der Waals surface area contributed by atoms with Crippen molar-refractivity contribution in [2.75, 3.05) is 20.6 Å². The van der Waals surface area contributed by atoms with E-state index in [1.54, 1.807) is 0 Å². The van der Waals surface area contributed by atoms with Gasteiger partial charge in [0.2, 0.25) is 0 Å². The highest BCUT2D eigenvalue weighted by molar-refractivity contribution is 4.80. The van der Waals surface area contributed by atoms with Crippen LogP contribution in [0.4, 0.5) is 0 Å². The second-order valence-corrected chi connectivity index (χ2v) is 4.08. The summed E-state index contributed by atoms with van der Waals surface area (Å²) in [5.41, 5.74) is 5.91. The van der Waals surface area contributed by atoms with Crippen LogP contribution in [0.3, 0.4) is 0 Å². The van der Waals surface area contributed by atoms with Gasteiger partial charge in [-0.3, -0.25) is 0 Å². The van der Waals surface area contributed by atoms with Crippen molar-refractivity contribution in [1.29, 1.82) is 0 Å². The Labute approximate surface area is 64.4 Å². The Bertz CT molecular complexity index is 91.9. The molecule has 10 heavy (non-hydrogen) atoms. The molecule has 0 aliphatic rings. The summed E-state index contributed by atoms with van der Waals surface area (Å²) in [5, 5.41) is 0. The van der Waals surface area contributed by atoms with Gasteiger partial charge in [0.1, 0.15) is 0 Å². The summed E-state index contributed by atoms with van der Waals surface area (Å²) < 4.78 is 0. The smallest absolute Gasteiger partial charge is 0.0260 e. The van der Waals surface area contributed by atoms with Crippen LogP contribution in [0, 0.1) is 5.41 Å². The van der Waals surface area contributed by atoms with Crippen LogP contribution in [0.5, 0.6) is 0 Å². The fourth-order valence-corrected chi connectivity index (χ4v) is 1.34. The van der Waals surface area contributed by atoms with E-state index in [0.29, 0.717) is 6.04 Å². The molecule has 0 aliphatic heterocycles. The quantitative estimate of drug-likeness (QED) is 0.624. The topological polar surface area (TPSA) is 29.3 Å². The number of hydrogen-bond donors (Lipinski definition) is 1. The van der Waals surface area contributed by atoms with Crippen LogP contribution in [0.1, 0.15) is 20.8 Å². The van der Waals surface area contributed by atoms with Crippen LogP contribution < -0.4 is 5.73 Å². The lowest BCUT2D eigenvalue weighted by atomic mass is 9.86. The summed E-state index contributed by atoms with van der Waals surface area (Å²) in [6.45, 7) is 7.37. The van der Waals surface area contributed by atoms with E-state index in [4.69, 9.17) is 5.73 Å². The molecule has 62 valence electrons. The average molecular weight is 144 g/mol. The van der Waals surface area contributed by atoms with Gasteiger partial charge in [0, 0.05) is 12.6 Å². The van der Waals surface area contributed by atoms with E-state index in [-0.39, 0.29) is 5.41 Å². The Kier molecular flexibility index (Phi) is 3.33. The molecule has 0 saturated heterocycles. The van der Waals surface area contributed by atoms with Gasteiger partial charge in [-0.15, -0.1) is 0 Å². The molecule has 2 N–H and O–H groups in total. The van der Waals surface area contributed by atoms with Crippen molar-refractivity contribution in [2.45, 2.75) is 26.8 Å². The Morgan fingerprint density at radius 3 is 1.70 bits per heavy atom. The van der Waals surface area contributed by atoms with Crippen molar-refractivity contribution in [3.8, 4) is 0 Å². The Morgan fingerprint density at radius 1 is 1.30 bits per heavy atom. The maximum atomic E-state index is 5.62. The first kappa shape index (κ1) is 9.92. The molecule has 0 aromatic rings. The van der Waals surface area contributed by atoms with Gasteiger partial charge < -0.3 is 10.6 Å². The largest absolute Gasteiger partial charge is 0.329 e. The molecule has 2 nitrogen and oxygen atoms in total. The maximum Gasteiger partial charge on any atom is 0.0260 e. The van der Waals surface area contributed by atoms with E-state index < -0.39 is 0 Å². The minimum Gasteiger partial charge on any atom is -0.329 e. The summed E-state index contributed by atoms with van der Waals surface area (Å²) in [6.07, 6.45) is 0. The minimum absolute atomic E-state index is 0.290. The van der Waals surface area contributed by atoms with Gasteiger partial charge in [0.15, 0.2) is 0 Å². The van der Waals surface area contributed by atoms with E-state index in [1.807, 2.05) is 0 Å². The molecular weight excluding hydrogens is 124 g/mol. The predicted molar refractivity (Wildman–Crippen MR) is 46.0 cm³/mol. The summed E-state index contributed by atoms with van der Waals surface area (Å²) in [6, 6.07) is 0.479. The summed E-state index contributed by atoms with van der Waals surface area (Å²) in [7, 11) is 4.14. The lowest BCUT2D eigenvalue weighted by Gasteiger charge is -2.34. The minimum atomic E-state index is 0.290. The van der Waals surface area contributed by atoms with E-state index in [1.165, 1.54) is 0 Å². The summed E-state index contributed by atoms with van der Waals surface area (Å²) in [4.78, 5) is 2.18. The third-order valence-electron chi connectivity index (χ3n) is 1.85. The van der Waals surface area contributed by atoms with Gasteiger partial charge in [-0.05, 0) is 19.5 Å². The molecule has 1 unspecified atom stereocenters. The molecule has 2 heteroatoms. The molecule has 0 saturated carbocycles. The van der Waals surface area contributed by atoms with Gasteiger partial charge in [-0.25, -0.2) is 0 Å². The van der Waals surface area contributed by atoms with Crippen molar-refractivity contribution >= 4 is 0 Å². The van der Waals surface area contributed by atoms with Gasteiger partial charge >= 0.3 is 0 Å². The molecule has 0 heterocycles. The lowest BCUT2D eigenvalue weighted by molar-refractivity contribution is 0.159. The van der Waals surface area contributed by atoms with Crippen molar-refractivity contribution in [3.63, 3.8) is 0 Å². The second kappa shape index (κ2) is 3.35. The van der Waals surface area contributed by atoms with Gasteiger partial charge in [-0.1, -0.05) is 20.8 Å². The van der Waals surface area contributed by atoms with Crippen molar-refractivity contribution in [1.82, 2.24) is 4.90 Å². The highest BCUT2D eigenvalue weighted by Crippen LogP contribution is 2.21. The Hall–Kier alpha value is -0.0800. The molecule has 0 aliphatic carbocycles. The number of nitrogens with zero attached hydrogens (tertiary/aromatic N) is 1. The van der Waals surface area contributed by atoms with Crippen LogP contribution in [-0.2, 0) is 0 Å². The number of rotatable bonds is 2. The fraction of sp³-hybridized carbons (Fsp3) is 1.00. The van der Waals surface area contributed by atoms with E-state index in [0.717, 1.165) is 6.54 Å². The second-order valence-electron chi connectivity index (χ2n) is 4.08. The maximum absolute atomic E-state index is 5.62. The number of likely N-dealkylation sites (N-methyl/N-ethyl adjacent to an activating group) is 1. The van der Waals surface area contributed by atoms with Gasteiger partial charge in [-0.2, -0.15) is 0 Å². The third kappa shape index (κ3) is 2.67. The number of hydrogen-bond acceptors (Lipinski definition) is 2.